The molecule has 0 spiro atoms. The maximum Gasteiger partial charge on any atom is 0.0553 e. The Morgan fingerprint density at radius 2 is 2.24 bits per heavy atom. The molecule has 2 heteroatoms. The number of para-hydroxylation sites is 1. The highest BCUT2D eigenvalue weighted by atomic mass is 16.3. The van der Waals surface area contributed by atoms with E-state index < -0.39 is 0 Å². The van der Waals surface area contributed by atoms with E-state index in [0.717, 1.165) is 12.5 Å². The lowest BCUT2D eigenvalue weighted by Gasteiger charge is -2.37. The molecule has 1 heterocycles. The number of anilines is 1. The van der Waals surface area contributed by atoms with Crippen LogP contribution in [0.15, 0.2) is 18.2 Å². The van der Waals surface area contributed by atoms with Gasteiger partial charge in [-0.05, 0) is 43.7 Å². The molecule has 1 aliphatic carbocycles. The van der Waals surface area contributed by atoms with Crippen molar-refractivity contribution in [2.45, 2.75) is 51.2 Å². The van der Waals surface area contributed by atoms with Gasteiger partial charge in [-0.1, -0.05) is 18.2 Å². The highest BCUT2D eigenvalue weighted by molar-refractivity contribution is 5.64. The van der Waals surface area contributed by atoms with E-state index in [4.69, 9.17) is 0 Å². The van der Waals surface area contributed by atoms with Gasteiger partial charge in [0.25, 0.3) is 0 Å². The minimum atomic E-state index is -0.245. The number of aliphatic hydroxyl groups is 1. The van der Waals surface area contributed by atoms with Crippen molar-refractivity contribution >= 4 is 5.69 Å². The number of fused-ring (bicyclic) bond motifs is 1. The van der Waals surface area contributed by atoms with Crippen molar-refractivity contribution in [3.63, 3.8) is 0 Å². The van der Waals surface area contributed by atoms with E-state index in [0.29, 0.717) is 0 Å². The first-order valence-electron chi connectivity index (χ1n) is 6.81. The molecule has 1 aromatic carbocycles. The van der Waals surface area contributed by atoms with Crippen molar-refractivity contribution in [3.8, 4) is 0 Å². The van der Waals surface area contributed by atoms with Crippen LogP contribution in [-0.4, -0.2) is 23.8 Å². The molecule has 3 rings (SSSR count). The minimum absolute atomic E-state index is 0.245. The Hall–Kier alpha value is -1.02. The van der Waals surface area contributed by atoms with E-state index in [2.05, 4.69) is 23.1 Å². The fraction of sp³-hybridized carbons (Fsp3) is 0.600. The molecule has 0 amide bonds. The van der Waals surface area contributed by atoms with Gasteiger partial charge in [0, 0.05) is 24.7 Å². The molecule has 1 unspecified atom stereocenters. The fourth-order valence-electron chi connectivity index (χ4n) is 3.11. The van der Waals surface area contributed by atoms with Crippen molar-refractivity contribution in [1.82, 2.24) is 0 Å². The van der Waals surface area contributed by atoms with Crippen LogP contribution in [0.3, 0.4) is 0 Å². The Morgan fingerprint density at radius 1 is 1.41 bits per heavy atom. The highest BCUT2D eigenvalue weighted by Crippen LogP contribution is 2.38. The summed E-state index contributed by atoms with van der Waals surface area (Å²) in [6.45, 7) is 3.05. The molecule has 2 aliphatic rings. The van der Waals surface area contributed by atoms with E-state index in [1.165, 1.54) is 49.0 Å². The summed E-state index contributed by atoms with van der Waals surface area (Å²) in [6.07, 6.45) is 5.80. The molecule has 1 fully saturated rings. The molecular weight excluding hydrogens is 210 g/mol. The lowest BCUT2D eigenvalue weighted by atomic mass is 9.91. The number of hydrogen-bond donors (Lipinski definition) is 1. The number of rotatable bonds is 3. The number of nitrogens with zero attached hydrogens (tertiary/aromatic N) is 1. The molecule has 0 saturated heterocycles. The van der Waals surface area contributed by atoms with Crippen molar-refractivity contribution in [1.29, 1.82) is 0 Å². The topological polar surface area (TPSA) is 23.5 Å². The molecule has 1 aromatic rings. The van der Waals surface area contributed by atoms with E-state index in [-0.39, 0.29) is 6.10 Å². The first kappa shape index (κ1) is 11.1. The first-order valence-corrected chi connectivity index (χ1v) is 6.81. The van der Waals surface area contributed by atoms with Gasteiger partial charge in [-0.3, -0.25) is 0 Å². The molecule has 0 bridgehead atoms. The third-order valence-corrected chi connectivity index (χ3v) is 4.14. The summed E-state index contributed by atoms with van der Waals surface area (Å²) in [5.74, 6) is 0. The quantitative estimate of drug-likeness (QED) is 0.864. The van der Waals surface area contributed by atoms with E-state index >= 15 is 0 Å². The average molecular weight is 231 g/mol. The second kappa shape index (κ2) is 4.34. The van der Waals surface area contributed by atoms with Crippen molar-refractivity contribution in [2.24, 2.45) is 0 Å². The van der Waals surface area contributed by atoms with Gasteiger partial charge < -0.3 is 10.0 Å². The summed E-state index contributed by atoms with van der Waals surface area (Å²) in [7, 11) is 0. The largest absolute Gasteiger partial charge is 0.393 e. The van der Waals surface area contributed by atoms with Crippen LogP contribution in [-0.2, 0) is 12.8 Å². The molecule has 92 valence electrons. The average Bonchev–Trinajstić information content (AvgIpc) is 2.60. The van der Waals surface area contributed by atoms with Crippen molar-refractivity contribution < 1.29 is 5.11 Å². The van der Waals surface area contributed by atoms with Crippen LogP contribution < -0.4 is 4.90 Å². The van der Waals surface area contributed by atoms with Gasteiger partial charge in [-0.2, -0.15) is 0 Å². The highest BCUT2D eigenvalue weighted by Gasteiger charge is 2.31. The summed E-state index contributed by atoms with van der Waals surface area (Å²) in [4.78, 5) is 2.59. The van der Waals surface area contributed by atoms with E-state index in [9.17, 15) is 5.11 Å². The first-order chi connectivity index (χ1) is 8.25. The maximum atomic E-state index is 9.61. The fourth-order valence-corrected chi connectivity index (χ4v) is 3.11. The van der Waals surface area contributed by atoms with Gasteiger partial charge in [0.2, 0.25) is 0 Å². The number of benzene rings is 1. The zero-order valence-corrected chi connectivity index (χ0v) is 10.5. The van der Waals surface area contributed by atoms with Crippen molar-refractivity contribution in [3.05, 3.63) is 29.3 Å². The monoisotopic (exact) mass is 231 g/mol. The molecule has 17 heavy (non-hydrogen) atoms. The zero-order valence-electron chi connectivity index (χ0n) is 10.5. The molecule has 1 aliphatic heterocycles. The third-order valence-electron chi connectivity index (χ3n) is 4.14. The third kappa shape index (κ3) is 1.95. The molecule has 2 nitrogen and oxygen atoms in total. The predicted octanol–water partition coefficient (Wildman–Crippen LogP) is 2.52. The van der Waals surface area contributed by atoms with Crippen LogP contribution in [0.1, 0.15) is 37.3 Å². The van der Waals surface area contributed by atoms with E-state index in [1.807, 2.05) is 6.92 Å². The lowest BCUT2D eigenvalue weighted by molar-refractivity contribution is 0.195. The van der Waals surface area contributed by atoms with Crippen LogP contribution in [0, 0.1) is 0 Å². The second-order valence-electron chi connectivity index (χ2n) is 5.51. The van der Waals surface area contributed by atoms with Crippen LogP contribution in [0.4, 0.5) is 5.69 Å². The van der Waals surface area contributed by atoms with Gasteiger partial charge in [0.1, 0.15) is 0 Å². The number of aliphatic hydroxyl groups excluding tert-OH is 1. The Balaban J connectivity index is 1.93. The van der Waals surface area contributed by atoms with Crippen LogP contribution >= 0.6 is 0 Å². The summed E-state index contributed by atoms with van der Waals surface area (Å²) in [5, 5.41) is 9.61. The summed E-state index contributed by atoms with van der Waals surface area (Å²) in [5.41, 5.74) is 4.26. The molecule has 1 N–H and O–H groups in total. The minimum Gasteiger partial charge on any atom is -0.393 e. The van der Waals surface area contributed by atoms with Gasteiger partial charge in [-0.25, -0.2) is 0 Å². The normalized spacial score (nSPS) is 21.2. The van der Waals surface area contributed by atoms with Gasteiger partial charge in [-0.15, -0.1) is 0 Å². The lowest BCUT2D eigenvalue weighted by Crippen LogP contribution is -2.39. The van der Waals surface area contributed by atoms with Crippen LogP contribution in [0.25, 0.3) is 0 Å². The molecule has 0 aromatic heterocycles. The predicted molar refractivity (Wildman–Crippen MR) is 70.5 cm³/mol. The van der Waals surface area contributed by atoms with Gasteiger partial charge in [0.05, 0.1) is 6.10 Å². The smallest absolute Gasteiger partial charge is 0.0553 e. The molecule has 1 saturated carbocycles. The molecule has 0 radical (unpaired) electrons. The summed E-state index contributed by atoms with van der Waals surface area (Å²) < 4.78 is 0. The Labute approximate surface area is 103 Å². The molecule has 1 atom stereocenters. The second-order valence-corrected chi connectivity index (χ2v) is 5.51. The zero-order chi connectivity index (χ0) is 11.8. The van der Waals surface area contributed by atoms with Crippen LogP contribution in [0.5, 0.6) is 0 Å². The van der Waals surface area contributed by atoms with Gasteiger partial charge >= 0.3 is 0 Å². The van der Waals surface area contributed by atoms with Crippen molar-refractivity contribution in [2.75, 3.05) is 11.4 Å². The SMILES string of the molecule is CC(O)Cc1cccc2c1N(C1CCC1)CC2. The molecular formula is C15H21NO. The standard InChI is InChI=1S/C15H21NO/c1-11(17)10-13-5-2-4-12-8-9-16(15(12)13)14-6-3-7-14/h2,4-5,11,14,17H,3,6-10H2,1H3. The van der Waals surface area contributed by atoms with Gasteiger partial charge in [0.15, 0.2) is 0 Å². The Kier molecular flexibility index (Phi) is 2.83. The Morgan fingerprint density at radius 3 is 2.88 bits per heavy atom. The van der Waals surface area contributed by atoms with E-state index in [1.54, 1.807) is 0 Å². The number of hydrogen-bond acceptors (Lipinski definition) is 2. The summed E-state index contributed by atoms with van der Waals surface area (Å²) >= 11 is 0. The summed E-state index contributed by atoms with van der Waals surface area (Å²) in [6, 6.07) is 7.34. The van der Waals surface area contributed by atoms with Crippen LogP contribution in [0.2, 0.25) is 0 Å². The Bertz CT molecular complexity index is 409. The maximum absolute atomic E-state index is 9.61.